The molecule has 2 aromatic carbocycles. The van der Waals surface area contributed by atoms with Gasteiger partial charge in [0.15, 0.2) is 0 Å². The largest absolute Gasteiger partial charge is 0.491 e. The molecule has 3 heteroatoms. The van der Waals surface area contributed by atoms with Gasteiger partial charge in [0, 0.05) is 0 Å². The second kappa shape index (κ2) is 6.74. The van der Waals surface area contributed by atoms with Crippen LogP contribution in [-0.2, 0) is 0 Å². The predicted octanol–water partition coefficient (Wildman–Crippen LogP) is 2.80. The third-order valence-corrected chi connectivity index (χ3v) is 3.16. The summed E-state index contributed by atoms with van der Waals surface area (Å²) in [6.45, 7) is 0.988. The van der Waals surface area contributed by atoms with Crippen LogP contribution in [0.4, 0.5) is 0 Å². The smallest absolute Gasteiger partial charge is 0.137 e. The second-order valence-corrected chi connectivity index (χ2v) is 6.33. The minimum Gasteiger partial charge on any atom is -0.491 e. The van der Waals surface area contributed by atoms with Crippen molar-refractivity contribution in [3.8, 4) is 16.9 Å². The lowest BCUT2D eigenvalue weighted by Crippen LogP contribution is -2.43. The zero-order chi connectivity index (χ0) is 15.3. The van der Waals surface area contributed by atoms with Crippen LogP contribution in [0, 0.1) is 0 Å². The van der Waals surface area contributed by atoms with Gasteiger partial charge in [-0.25, -0.2) is 0 Å². The van der Waals surface area contributed by atoms with Crippen molar-refractivity contribution in [3.63, 3.8) is 0 Å². The molecular formula is C18H24NO2+. The van der Waals surface area contributed by atoms with E-state index in [1.54, 1.807) is 0 Å². The van der Waals surface area contributed by atoms with Gasteiger partial charge in [-0.1, -0.05) is 42.5 Å². The number of nitrogens with zero attached hydrogens (tertiary/aromatic N) is 1. The zero-order valence-electron chi connectivity index (χ0n) is 13.0. The van der Waals surface area contributed by atoms with Crippen molar-refractivity contribution >= 4 is 0 Å². The van der Waals surface area contributed by atoms with Crippen LogP contribution in [0.3, 0.4) is 0 Å². The second-order valence-electron chi connectivity index (χ2n) is 6.33. The number of ether oxygens (including phenoxy) is 1. The quantitative estimate of drug-likeness (QED) is 0.828. The van der Waals surface area contributed by atoms with E-state index in [4.69, 9.17) is 4.74 Å². The minimum absolute atomic E-state index is 0.320. The van der Waals surface area contributed by atoms with Crippen molar-refractivity contribution in [1.82, 2.24) is 0 Å². The highest BCUT2D eigenvalue weighted by Crippen LogP contribution is 2.22. The Labute approximate surface area is 127 Å². The third-order valence-electron chi connectivity index (χ3n) is 3.16. The first kappa shape index (κ1) is 15.5. The predicted molar refractivity (Wildman–Crippen MR) is 86.3 cm³/mol. The van der Waals surface area contributed by atoms with Gasteiger partial charge in [0.2, 0.25) is 0 Å². The highest BCUT2D eigenvalue weighted by Gasteiger charge is 2.15. The van der Waals surface area contributed by atoms with Gasteiger partial charge in [0.25, 0.3) is 0 Å². The highest BCUT2D eigenvalue weighted by molar-refractivity contribution is 5.63. The van der Waals surface area contributed by atoms with E-state index in [0.717, 1.165) is 15.8 Å². The molecule has 1 atom stereocenters. The SMILES string of the molecule is C[N+](C)(C)C[C@@H](O)COc1ccc(-c2ccccc2)cc1. The standard InChI is InChI=1S/C18H24NO2/c1-19(2,3)13-17(20)14-21-18-11-9-16(10-12-18)15-7-5-4-6-8-15/h4-12,17,20H,13-14H2,1-3H3/q+1/t17-/m1/s1. The van der Waals surface area contributed by atoms with Gasteiger partial charge in [0.05, 0.1) is 21.1 Å². The normalized spacial score (nSPS) is 13.0. The van der Waals surface area contributed by atoms with E-state index < -0.39 is 6.10 Å². The number of quaternary nitrogens is 1. The Balaban J connectivity index is 1.91. The van der Waals surface area contributed by atoms with Crippen LogP contribution < -0.4 is 4.74 Å². The van der Waals surface area contributed by atoms with E-state index in [1.165, 1.54) is 5.56 Å². The summed E-state index contributed by atoms with van der Waals surface area (Å²) in [4.78, 5) is 0. The average Bonchev–Trinajstić information content (AvgIpc) is 2.45. The summed E-state index contributed by atoms with van der Waals surface area (Å²) in [5.74, 6) is 0.787. The van der Waals surface area contributed by atoms with Crippen molar-refractivity contribution in [1.29, 1.82) is 0 Å². The molecule has 0 fully saturated rings. The summed E-state index contributed by atoms with van der Waals surface area (Å²) in [6, 6.07) is 18.2. The topological polar surface area (TPSA) is 29.5 Å². The van der Waals surface area contributed by atoms with Crippen molar-refractivity contribution < 1.29 is 14.3 Å². The summed E-state index contributed by atoms with van der Waals surface area (Å²) >= 11 is 0. The Morgan fingerprint density at radius 2 is 1.48 bits per heavy atom. The van der Waals surface area contributed by atoms with Gasteiger partial charge in [0.1, 0.15) is 25.0 Å². The van der Waals surface area contributed by atoms with Gasteiger partial charge in [-0.05, 0) is 23.3 Å². The first-order valence-electron chi connectivity index (χ1n) is 7.21. The monoisotopic (exact) mass is 286 g/mol. The number of hydrogen-bond acceptors (Lipinski definition) is 2. The van der Waals surface area contributed by atoms with Crippen LogP contribution in [0.15, 0.2) is 54.6 Å². The first-order valence-corrected chi connectivity index (χ1v) is 7.21. The lowest BCUT2D eigenvalue weighted by molar-refractivity contribution is -0.873. The number of rotatable bonds is 6. The number of hydrogen-bond donors (Lipinski definition) is 1. The van der Waals surface area contributed by atoms with Gasteiger partial charge in [-0.3, -0.25) is 0 Å². The molecule has 0 radical (unpaired) electrons. The van der Waals surface area contributed by atoms with Gasteiger partial charge in [-0.15, -0.1) is 0 Å². The number of aliphatic hydroxyl groups is 1. The molecule has 0 amide bonds. The maximum absolute atomic E-state index is 9.94. The van der Waals surface area contributed by atoms with Gasteiger partial charge in [-0.2, -0.15) is 0 Å². The van der Waals surface area contributed by atoms with Crippen molar-refractivity contribution in [2.75, 3.05) is 34.3 Å². The molecule has 0 saturated carbocycles. The lowest BCUT2D eigenvalue weighted by atomic mass is 10.1. The maximum Gasteiger partial charge on any atom is 0.137 e. The van der Waals surface area contributed by atoms with Crippen LogP contribution in [0.25, 0.3) is 11.1 Å². The molecule has 21 heavy (non-hydrogen) atoms. The van der Waals surface area contributed by atoms with Crippen LogP contribution in [-0.4, -0.2) is 50.0 Å². The molecule has 0 spiro atoms. The molecule has 2 rings (SSSR count). The maximum atomic E-state index is 9.94. The van der Waals surface area contributed by atoms with E-state index >= 15 is 0 Å². The van der Waals surface area contributed by atoms with Gasteiger partial charge >= 0.3 is 0 Å². The molecule has 3 nitrogen and oxygen atoms in total. The molecule has 0 aliphatic rings. The molecule has 0 saturated heterocycles. The summed E-state index contributed by atoms with van der Waals surface area (Å²) in [5, 5.41) is 9.94. The van der Waals surface area contributed by atoms with E-state index in [9.17, 15) is 5.11 Å². The van der Waals surface area contributed by atoms with Crippen LogP contribution in [0.2, 0.25) is 0 Å². The first-order chi connectivity index (χ1) is 9.94. The fraction of sp³-hybridized carbons (Fsp3) is 0.333. The molecule has 0 heterocycles. The number of benzene rings is 2. The molecule has 112 valence electrons. The van der Waals surface area contributed by atoms with E-state index in [0.29, 0.717) is 13.2 Å². The number of aliphatic hydroxyl groups excluding tert-OH is 1. The molecule has 0 unspecified atom stereocenters. The Morgan fingerprint density at radius 3 is 2.05 bits per heavy atom. The molecule has 0 aliphatic carbocycles. The Hall–Kier alpha value is -1.84. The average molecular weight is 286 g/mol. The summed E-state index contributed by atoms with van der Waals surface area (Å²) < 4.78 is 6.36. The zero-order valence-corrected chi connectivity index (χ0v) is 13.0. The summed E-state index contributed by atoms with van der Waals surface area (Å²) in [6.07, 6.45) is -0.459. The van der Waals surface area contributed by atoms with Crippen molar-refractivity contribution in [3.05, 3.63) is 54.6 Å². The fourth-order valence-corrected chi connectivity index (χ4v) is 2.25. The molecule has 1 N–H and O–H groups in total. The van der Waals surface area contributed by atoms with Crippen molar-refractivity contribution in [2.24, 2.45) is 0 Å². The fourth-order valence-electron chi connectivity index (χ4n) is 2.25. The van der Waals surface area contributed by atoms with Crippen LogP contribution in [0.1, 0.15) is 0 Å². The van der Waals surface area contributed by atoms with Crippen LogP contribution in [0.5, 0.6) is 5.75 Å². The van der Waals surface area contributed by atoms with E-state index in [2.05, 4.69) is 33.3 Å². The minimum atomic E-state index is -0.459. The van der Waals surface area contributed by atoms with Crippen LogP contribution >= 0.6 is 0 Å². The summed E-state index contributed by atoms with van der Waals surface area (Å²) in [5.41, 5.74) is 2.35. The molecule has 0 bridgehead atoms. The lowest BCUT2D eigenvalue weighted by Gasteiger charge is -2.26. The van der Waals surface area contributed by atoms with E-state index in [1.807, 2.05) is 42.5 Å². The van der Waals surface area contributed by atoms with Gasteiger partial charge < -0.3 is 14.3 Å². The molecular weight excluding hydrogens is 262 g/mol. The Bertz CT molecular complexity index is 544. The van der Waals surface area contributed by atoms with Crippen molar-refractivity contribution in [2.45, 2.75) is 6.10 Å². The molecule has 0 aromatic heterocycles. The Kier molecular flexibility index (Phi) is 4.99. The molecule has 2 aromatic rings. The third kappa shape index (κ3) is 5.21. The van der Waals surface area contributed by atoms with E-state index in [-0.39, 0.29) is 0 Å². The summed E-state index contributed by atoms with van der Waals surface area (Å²) in [7, 11) is 6.16. The number of likely N-dealkylation sites (N-methyl/N-ethyl adjacent to an activating group) is 1. The Morgan fingerprint density at radius 1 is 0.905 bits per heavy atom. The molecule has 0 aliphatic heterocycles. The highest BCUT2D eigenvalue weighted by atomic mass is 16.5.